The van der Waals surface area contributed by atoms with E-state index in [1.807, 2.05) is 25.1 Å². The van der Waals surface area contributed by atoms with E-state index in [0.29, 0.717) is 30.6 Å². The first-order valence-electron chi connectivity index (χ1n) is 6.08. The highest BCUT2D eigenvalue weighted by atomic mass is 35.5. The minimum absolute atomic E-state index is 0.0640. The van der Waals surface area contributed by atoms with Gasteiger partial charge in [0.15, 0.2) is 0 Å². The predicted molar refractivity (Wildman–Crippen MR) is 72.2 cm³/mol. The van der Waals surface area contributed by atoms with Crippen molar-refractivity contribution in [3.8, 4) is 5.75 Å². The zero-order chi connectivity index (χ0) is 13.2. The van der Waals surface area contributed by atoms with Crippen molar-refractivity contribution < 1.29 is 14.6 Å². The number of aliphatic hydroxyl groups is 1. The van der Waals surface area contributed by atoms with Crippen molar-refractivity contribution >= 4 is 11.6 Å². The fraction of sp³-hybridized carbons (Fsp3) is 0.538. The summed E-state index contributed by atoms with van der Waals surface area (Å²) in [4.78, 5) is 0. The molecular formula is C13H20ClNO3. The average molecular weight is 274 g/mol. The minimum Gasteiger partial charge on any atom is -0.492 e. The summed E-state index contributed by atoms with van der Waals surface area (Å²) in [6, 6.07) is 5.76. The Kier molecular flexibility index (Phi) is 7.76. The molecule has 0 aliphatic carbocycles. The molecule has 0 spiro atoms. The maximum atomic E-state index is 8.53. The van der Waals surface area contributed by atoms with Crippen molar-refractivity contribution in [3.63, 3.8) is 0 Å². The predicted octanol–water partition coefficient (Wildman–Crippen LogP) is 1.84. The number of nitrogens with one attached hydrogen (secondary N) is 1. The van der Waals surface area contributed by atoms with Gasteiger partial charge in [-0.2, -0.15) is 0 Å². The monoisotopic (exact) mass is 273 g/mol. The molecule has 0 atom stereocenters. The summed E-state index contributed by atoms with van der Waals surface area (Å²) in [7, 11) is 0. The van der Waals surface area contributed by atoms with Crippen LogP contribution in [0.4, 0.5) is 0 Å². The zero-order valence-corrected chi connectivity index (χ0v) is 11.4. The molecular weight excluding hydrogens is 254 g/mol. The molecule has 1 aromatic rings. The van der Waals surface area contributed by atoms with Crippen LogP contribution in [0.15, 0.2) is 18.2 Å². The van der Waals surface area contributed by atoms with E-state index in [1.165, 1.54) is 0 Å². The number of benzene rings is 1. The van der Waals surface area contributed by atoms with Gasteiger partial charge in [-0.3, -0.25) is 0 Å². The van der Waals surface area contributed by atoms with Gasteiger partial charge in [0.1, 0.15) is 5.75 Å². The minimum atomic E-state index is 0.0640. The van der Waals surface area contributed by atoms with E-state index >= 15 is 0 Å². The smallest absolute Gasteiger partial charge is 0.137 e. The molecule has 4 nitrogen and oxygen atoms in total. The molecule has 1 aromatic carbocycles. The Balaban J connectivity index is 2.28. The Bertz CT molecular complexity index is 347. The normalized spacial score (nSPS) is 10.6. The molecule has 0 radical (unpaired) electrons. The summed E-state index contributed by atoms with van der Waals surface area (Å²) < 4.78 is 10.5. The summed E-state index contributed by atoms with van der Waals surface area (Å²) in [6.45, 7) is 5.05. The van der Waals surface area contributed by atoms with E-state index < -0.39 is 0 Å². The lowest BCUT2D eigenvalue weighted by atomic mass is 10.2. The molecule has 5 heteroatoms. The molecule has 102 valence electrons. The van der Waals surface area contributed by atoms with Gasteiger partial charge >= 0.3 is 0 Å². The quantitative estimate of drug-likeness (QED) is 0.674. The number of ether oxygens (including phenoxy) is 2. The van der Waals surface area contributed by atoms with Crippen LogP contribution < -0.4 is 10.1 Å². The number of hydrogen-bond donors (Lipinski definition) is 2. The van der Waals surface area contributed by atoms with E-state index in [-0.39, 0.29) is 6.61 Å². The second-order valence-electron chi connectivity index (χ2n) is 3.71. The van der Waals surface area contributed by atoms with E-state index in [1.54, 1.807) is 0 Å². The maximum Gasteiger partial charge on any atom is 0.137 e. The van der Waals surface area contributed by atoms with Crippen molar-refractivity contribution in [2.24, 2.45) is 0 Å². The molecule has 0 bridgehead atoms. The molecule has 18 heavy (non-hydrogen) atoms. The van der Waals surface area contributed by atoms with E-state index in [2.05, 4.69) is 5.32 Å². The van der Waals surface area contributed by atoms with Gasteiger partial charge < -0.3 is 19.9 Å². The van der Waals surface area contributed by atoms with Crippen LogP contribution in [-0.4, -0.2) is 38.1 Å². The van der Waals surface area contributed by atoms with Crippen molar-refractivity contribution in [2.75, 3.05) is 33.0 Å². The van der Waals surface area contributed by atoms with Crippen molar-refractivity contribution in [1.82, 2.24) is 5.32 Å². The Hall–Kier alpha value is -0.810. The molecule has 2 N–H and O–H groups in total. The maximum absolute atomic E-state index is 8.53. The SMILES string of the molecule is CCOc1ccc(CNCCOCCO)cc1Cl. The van der Waals surface area contributed by atoms with Gasteiger partial charge in [0, 0.05) is 13.1 Å². The van der Waals surface area contributed by atoms with Crippen LogP contribution in [0.25, 0.3) is 0 Å². The summed E-state index contributed by atoms with van der Waals surface area (Å²) in [5.41, 5.74) is 1.10. The summed E-state index contributed by atoms with van der Waals surface area (Å²) >= 11 is 6.08. The highest BCUT2D eigenvalue weighted by Gasteiger charge is 2.02. The van der Waals surface area contributed by atoms with Crippen LogP contribution in [-0.2, 0) is 11.3 Å². The van der Waals surface area contributed by atoms with Gasteiger partial charge in [-0.25, -0.2) is 0 Å². The van der Waals surface area contributed by atoms with E-state index in [4.69, 9.17) is 26.2 Å². The van der Waals surface area contributed by atoms with Crippen molar-refractivity contribution in [3.05, 3.63) is 28.8 Å². The van der Waals surface area contributed by atoms with Gasteiger partial charge in [0.05, 0.1) is 31.5 Å². The standard InChI is InChI=1S/C13H20ClNO3/c1-2-18-13-4-3-11(9-12(13)14)10-15-5-7-17-8-6-16/h3-4,9,15-16H,2,5-8,10H2,1H3. The van der Waals surface area contributed by atoms with Crippen molar-refractivity contribution in [1.29, 1.82) is 0 Å². The van der Waals surface area contributed by atoms with Gasteiger partial charge in [-0.05, 0) is 24.6 Å². The highest BCUT2D eigenvalue weighted by molar-refractivity contribution is 6.32. The largest absolute Gasteiger partial charge is 0.492 e. The molecule has 0 saturated carbocycles. The Morgan fingerprint density at radius 1 is 1.33 bits per heavy atom. The third-order valence-corrected chi connectivity index (χ3v) is 2.58. The van der Waals surface area contributed by atoms with Gasteiger partial charge in [-0.15, -0.1) is 0 Å². The van der Waals surface area contributed by atoms with E-state index in [0.717, 1.165) is 18.7 Å². The molecule has 0 saturated heterocycles. The van der Waals surface area contributed by atoms with Crippen LogP contribution >= 0.6 is 11.6 Å². The molecule has 1 rings (SSSR count). The lowest BCUT2D eigenvalue weighted by Gasteiger charge is -2.09. The van der Waals surface area contributed by atoms with Gasteiger partial charge in [0.2, 0.25) is 0 Å². The number of halogens is 1. The molecule has 0 aromatic heterocycles. The highest BCUT2D eigenvalue weighted by Crippen LogP contribution is 2.25. The topological polar surface area (TPSA) is 50.7 Å². The summed E-state index contributed by atoms with van der Waals surface area (Å²) in [6.07, 6.45) is 0. The fourth-order valence-electron chi connectivity index (χ4n) is 1.47. The molecule has 0 unspecified atom stereocenters. The van der Waals surface area contributed by atoms with Gasteiger partial charge in [-0.1, -0.05) is 17.7 Å². The first kappa shape index (κ1) is 15.2. The van der Waals surface area contributed by atoms with Crippen molar-refractivity contribution in [2.45, 2.75) is 13.5 Å². The van der Waals surface area contributed by atoms with Crippen LogP contribution in [0.5, 0.6) is 5.75 Å². The molecule has 0 fully saturated rings. The molecule has 0 heterocycles. The van der Waals surface area contributed by atoms with Crippen LogP contribution in [0.2, 0.25) is 5.02 Å². The number of aliphatic hydroxyl groups excluding tert-OH is 1. The Morgan fingerprint density at radius 3 is 2.83 bits per heavy atom. The number of hydrogen-bond acceptors (Lipinski definition) is 4. The van der Waals surface area contributed by atoms with Crippen LogP contribution in [0, 0.1) is 0 Å². The van der Waals surface area contributed by atoms with Crippen LogP contribution in [0.3, 0.4) is 0 Å². The second kappa shape index (κ2) is 9.16. The molecule has 0 amide bonds. The summed E-state index contributed by atoms with van der Waals surface area (Å²) in [5, 5.41) is 12.4. The average Bonchev–Trinajstić information content (AvgIpc) is 2.37. The van der Waals surface area contributed by atoms with Crippen LogP contribution in [0.1, 0.15) is 12.5 Å². The third-order valence-electron chi connectivity index (χ3n) is 2.28. The zero-order valence-electron chi connectivity index (χ0n) is 10.6. The van der Waals surface area contributed by atoms with E-state index in [9.17, 15) is 0 Å². The lowest BCUT2D eigenvalue weighted by molar-refractivity contribution is 0.0938. The first-order valence-corrected chi connectivity index (χ1v) is 6.46. The van der Waals surface area contributed by atoms with Gasteiger partial charge in [0.25, 0.3) is 0 Å². The fourth-order valence-corrected chi connectivity index (χ4v) is 1.73. The molecule has 0 aliphatic rings. The third kappa shape index (κ3) is 5.69. The second-order valence-corrected chi connectivity index (χ2v) is 4.12. The summed E-state index contributed by atoms with van der Waals surface area (Å²) in [5.74, 6) is 0.717. The Morgan fingerprint density at radius 2 is 2.17 bits per heavy atom. The lowest BCUT2D eigenvalue weighted by Crippen LogP contribution is -2.20. The first-order chi connectivity index (χ1) is 8.77. The number of rotatable bonds is 9. The Labute approximate surface area is 113 Å². The molecule has 0 aliphatic heterocycles.